The van der Waals surface area contributed by atoms with Gasteiger partial charge in [-0.1, -0.05) is 18.2 Å². The molecule has 0 saturated heterocycles. The van der Waals surface area contributed by atoms with Crippen molar-refractivity contribution in [2.45, 2.75) is 6.10 Å². The number of hydrogen-bond donors (Lipinski definition) is 2. The van der Waals surface area contributed by atoms with Gasteiger partial charge in [0, 0.05) is 5.56 Å². The molecule has 0 aromatic heterocycles. The topological polar surface area (TPSA) is 66.6 Å². The molecule has 1 atom stereocenters. The molecule has 1 aromatic carbocycles. The number of fused-ring (bicyclic) bond motifs is 1. The molecule has 1 amide bonds. The fourth-order valence-corrected chi connectivity index (χ4v) is 1.32. The molecule has 1 aromatic rings. The lowest BCUT2D eigenvalue weighted by Gasteiger charge is -2.07. The summed E-state index contributed by atoms with van der Waals surface area (Å²) in [6, 6.07) is 6.91. The number of benzene rings is 1. The summed E-state index contributed by atoms with van der Waals surface area (Å²) in [6.07, 6.45) is -1.09. The first-order chi connectivity index (χ1) is 5.72. The first-order valence-corrected chi connectivity index (χ1v) is 3.57. The van der Waals surface area contributed by atoms with Gasteiger partial charge in [0.05, 0.1) is 5.69 Å². The van der Waals surface area contributed by atoms with Gasteiger partial charge >= 0.3 is 0 Å². The van der Waals surface area contributed by atoms with E-state index in [1.807, 2.05) is 0 Å². The maximum Gasteiger partial charge on any atom is 0.274 e. The minimum absolute atomic E-state index is 0.476. The SMILES string of the molecule is NN1C(=O)C(O)c2ccccc21. The van der Waals surface area contributed by atoms with Gasteiger partial charge in [0.15, 0.2) is 6.10 Å². The Kier molecular flexibility index (Phi) is 1.39. The van der Waals surface area contributed by atoms with E-state index in [1.165, 1.54) is 0 Å². The fraction of sp³-hybridized carbons (Fsp3) is 0.125. The van der Waals surface area contributed by atoms with E-state index in [0.29, 0.717) is 11.3 Å². The third kappa shape index (κ3) is 0.760. The van der Waals surface area contributed by atoms with Gasteiger partial charge in [-0.25, -0.2) is 10.9 Å². The second-order valence-corrected chi connectivity index (χ2v) is 2.67. The van der Waals surface area contributed by atoms with E-state index in [1.54, 1.807) is 24.3 Å². The summed E-state index contributed by atoms with van der Waals surface area (Å²) < 4.78 is 0. The molecule has 1 heterocycles. The Hall–Kier alpha value is -1.39. The zero-order valence-electron chi connectivity index (χ0n) is 6.27. The predicted octanol–water partition coefficient (Wildman–Crippen LogP) is -0.0597. The van der Waals surface area contributed by atoms with Gasteiger partial charge in [0.1, 0.15) is 0 Å². The van der Waals surface area contributed by atoms with Crippen LogP contribution in [0.5, 0.6) is 0 Å². The molecule has 62 valence electrons. The molecule has 1 aliphatic heterocycles. The molecule has 1 aliphatic rings. The quantitative estimate of drug-likeness (QED) is 0.417. The Bertz CT molecular complexity index is 307. The Balaban J connectivity index is 2.59. The highest BCUT2D eigenvalue weighted by molar-refractivity contribution is 6.02. The van der Waals surface area contributed by atoms with Gasteiger partial charge in [0.2, 0.25) is 0 Å². The zero-order valence-corrected chi connectivity index (χ0v) is 6.27. The number of carbonyl (C=O) groups is 1. The van der Waals surface area contributed by atoms with Gasteiger partial charge in [0.25, 0.3) is 5.91 Å². The lowest BCUT2D eigenvalue weighted by molar-refractivity contribution is -0.125. The highest BCUT2D eigenvalue weighted by atomic mass is 16.3. The molecule has 4 heteroatoms. The summed E-state index contributed by atoms with van der Waals surface area (Å²) in [5, 5.41) is 10.3. The summed E-state index contributed by atoms with van der Waals surface area (Å²) >= 11 is 0. The van der Waals surface area contributed by atoms with Crippen molar-refractivity contribution in [3.8, 4) is 0 Å². The summed E-state index contributed by atoms with van der Waals surface area (Å²) in [7, 11) is 0. The number of para-hydroxylation sites is 1. The summed E-state index contributed by atoms with van der Waals surface area (Å²) in [6.45, 7) is 0. The number of anilines is 1. The highest BCUT2D eigenvalue weighted by Crippen LogP contribution is 2.32. The van der Waals surface area contributed by atoms with Crippen LogP contribution in [0.1, 0.15) is 11.7 Å². The number of aliphatic hydroxyl groups excluding tert-OH is 1. The number of hydrazine groups is 1. The summed E-state index contributed by atoms with van der Waals surface area (Å²) in [4.78, 5) is 11.1. The van der Waals surface area contributed by atoms with E-state index in [9.17, 15) is 9.90 Å². The van der Waals surface area contributed by atoms with Crippen LogP contribution in [0.2, 0.25) is 0 Å². The van der Waals surface area contributed by atoms with Crippen molar-refractivity contribution in [1.82, 2.24) is 0 Å². The number of aliphatic hydroxyl groups is 1. The molecule has 3 N–H and O–H groups in total. The van der Waals surface area contributed by atoms with Crippen LogP contribution in [0.3, 0.4) is 0 Å². The Morgan fingerprint density at radius 2 is 2.08 bits per heavy atom. The van der Waals surface area contributed by atoms with Gasteiger partial charge < -0.3 is 5.11 Å². The van der Waals surface area contributed by atoms with E-state index in [4.69, 9.17) is 5.84 Å². The normalized spacial score (nSPS) is 21.3. The second kappa shape index (κ2) is 2.30. The van der Waals surface area contributed by atoms with Gasteiger partial charge in [-0.2, -0.15) is 0 Å². The van der Waals surface area contributed by atoms with Crippen molar-refractivity contribution in [2.75, 3.05) is 5.01 Å². The largest absolute Gasteiger partial charge is 0.378 e. The molecule has 1 unspecified atom stereocenters. The molecule has 0 radical (unpaired) electrons. The van der Waals surface area contributed by atoms with Crippen LogP contribution in [-0.2, 0) is 4.79 Å². The van der Waals surface area contributed by atoms with Crippen LogP contribution >= 0.6 is 0 Å². The summed E-state index contributed by atoms with van der Waals surface area (Å²) in [5.41, 5.74) is 1.15. The predicted molar refractivity (Wildman–Crippen MR) is 43.1 cm³/mol. The Morgan fingerprint density at radius 3 is 2.75 bits per heavy atom. The first kappa shape index (κ1) is 7.27. The molecule has 0 saturated carbocycles. The third-order valence-corrected chi connectivity index (χ3v) is 1.96. The first-order valence-electron chi connectivity index (χ1n) is 3.57. The van der Waals surface area contributed by atoms with Gasteiger partial charge in [-0.3, -0.25) is 4.79 Å². The van der Waals surface area contributed by atoms with E-state index in [2.05, 4.69) is 0 Å². The minimum Gasteiger partial charge on any atom is -0.378 e. The minimum atomic E-state index is -1.09. The Morgan fingerprint density at radius 1 is 1.42 bits per heavy atom. The molecule has 0 spiro atoms. The molecule has 0 fully saturated rings. The van der Waals surface area contributed by atoms with Crippen molar-refractivity contribution >= 4 is 11.6 Å². The second-order valence-electron chi connectivity index (χ2n) is 2.67. The lowest BCUT2D eigenvalue weighted by Crippen LogP contribution is -2.35. The number of nitrogens with zero attached hydrogens (tertiary/aromatic N) is 1. The molecular formula is C8H8N2O2. The standard InChI is InChI=1S/C8H8N2O2/c9-10-6-4-2-1-3-5(6)7(11)8(10)12/h1-4,7,11H,9H2. The lowest BCUT2D eigenvalue weighted by atomic mass is 10.1. The average Bonchev–Trinajstić information content (AvgIpc) is 2.33. The van der Waals surface area contributed by atoms with Crippen molar-refractivity contribution < 1.29 is 9.90 Å². The smallest absolute Gasteiger partial charge is 0.274 e. The van der Waals surface area contributed by atoms with Gasteiger partial charge in [-0.05, 0) is 6.07 Å². The van der Waals surface area contributed by atoms with E-state index < -0.39 is 12.0 Å². The van der Waals surface area contributed by atoms with Gasteiger partial charge in [-0.15, -0.1) is 0 Å². The number of carbonyl (C=O) groups excluding carboxylic acids is 1. The fourth-order valence-electron chi connectivity index (χ4n) is 1.32. The maximum atomic E-state index is 11.1. The number of nitrogens with two attached hydrogens (primary N) is 1. The maximum absolute atomic E-state index is 11.1. The van der Waals surface area contributed by atoms with Crippen LogP contribution in [0.15, 0.2) is 24.3 Å². The van der Waals surface area contributed by atoms with Crippen molar-refractivity contribution in [1.29, 1.82) is 0 Å². The van der Waals surface area contributed by atoms with Crippen LogP contribution < -0.4 is 10.9 Å². The number of hydrogen-bond acceptors (Lipinski definition) is 3. The highest BCUT2D eigenvalue weighted by Gasteiger charge is 2.33. The molecule has 12 heavy (non-hydrogen) atoms. The van der Waals surface area contributed by atoms with Crippen molar-refractivity contribution in [3.63, 3.8) is 0 Å². The van der Waals surface area contributed by atoms with Crippen LogP contribution in [-0.4, -0.2) is 11.0 Å². The molecule has 2 rings (SSSR count). The molecule has 4 nitrogen and oxygen atoms in total. The van der Waals surface area contributed by atoms with Crippen molar-refractivity contribution in [3.05, 3.63) is 29.8 Å². The molecule has 0 aliphatic carbocycles. The third-order valence-electron chi connectivity index (χ3n) is 1.96. The molecular weight excluding hydrogens is 156 g/mol. The van der Waals surface area contributed by atoms with E-state index in [0.717, 1.165) is 5.01 Å². The van der Waals surface area contributed by atoms with E-state index >= 15 is 0 Å². The number of rotatable bonds is 0. The van der Waals surface area contributed by atoms with Crippen LogP contribution in [0.4, 0.5) is 5.69 Å². The summed E-state index contributed by atoms with van der Waals surface area (Å²) in [5.74, 6) is 4.93. The zero-order chi connectivity index (χ0) is 8.72. The monoisotopic (exact) mass is 164 g/mol. The number of amides is 1. The Labute approximate surface area is 69.2 Å². The van der Waals surface area contributed by atoms with Crippen molar-refractivity contribution in [2.24, 2.45) is 5.84 Å². The van der Waals surface area contributed by atoms with Crippen LogP contribution in [0, 0.1) is 0 Å². The van der Waals surface area contributed by atoms with E-state index in [-0.39, 0.29) is 0 Å². The van der Waals surface area contributed by atoms with Crippen LogP contribution in [0.25, 0.3) is 0 Å². The average molecular weight is 164 g/mol. The molecule has 0 bridgehead atoms.